The van der Waals surface area contributed by atoms with Crippen LogP contribution in [0, 0.1) is 0 Å². The van der Waals surface area contributed by atoms with Gasteiger partial charge in [0.2, 0.25) is 11.7 Å². The number of hydrogen-bond acceptors (Lipinski definition) is 6. The molecule has 0 radical (unpaired) electrons. The van der Waals surface area contributed by atoms with E-state index in [0.717, 1.165) is 29.0 Å². The van der Waals surface area contributed by atoms with Gasteiger partial charge in [-0.1, -0.05) is 18.0 Å². The molecule has 22 heavy (non-hydrogen) atoms. The van der Waals surface area contributed by atoms with E-state index in [-0.39, 0.29) is 0 Å². The molecule has 0 aromatic carbocycles. The smallest absolute Gasteiger partial charge is 0.241 e. The Balaban J connectivity index is 1.47. The molecule has 1 aliphatic carbocycles. The zero-order valence-electron chi connectivity index (χ0n) is 12.2. The van der Waals surface area contributed by atoms with Crippen LogP contribution < -0.4 is 0 Å². The maximum Gasteiger partial charge on any atom is 0.241 e. The number of rotatable bonds is 3. The molecule has 1 saturated heterocycles. The van der Waals surface area contributed by atoms with E-state index >= 15 is 0 Å². The fraction of sp³-hybridized carbons (Fsp3) is 0.600. The second-order valence-electron chi connectivity index (χ2n) is 5.87. The first-order chi connectivity index (χ1) is 10.8. The van der Waals surface area contributed by atoms with Crippen LogP contribution in [0.25, 0.3) is 10.7 Å². The third-order valence-electron chi connectivity index (χ3n) is 4.44. The molecule has 7 heteroatoms. The highest BCUT2D eigenvalue weighted by molar-refractivity contribution is 9.10. The third kappa shape index (κ3) is 2.99. The monoisotopic (exact) mass is 383 g/mol. The zero-order chi connectivity index (χ0) is 14.9. The summed E-state index contributed by atoms with van der Waals surface area (Å²) in [6.45, 7) is 2.48. The number of hydrogen-bond donors (Lipinski definition) is 0. The van der Waals surface area contributed by atoms with Crippen LogP contribution >= 0.6 is 27.3 Å². The van der Waals surface area contributed by atoms with Gasteiger partial charge in [-0.3, -0.25) is 4.90 Å². The molecule has 2 fully saturated rings. The van der Waals surface area contributed by atoms with E-state index in [1.165, 1.54) is 25.7 Å². The minimum absolute atomic E-state index is 0.387. The molecule has 0 N–H and O–H groups in total. The highest BCUT2D eigenvalue weighted by Crippen LogP contribution is 2.30. The fourth-order valence-corrected chi connectivity index (χ4v) is 4.75. The van der Waals surface area contributed by atoms with Crippen molar-refractivity contribution < 1.29 is 9.26 Å². The van der Waals surface area contributed by atoms with Crippen LogP contribution in [-0.2, 0) is 11.3 Å². The summed E-state index contributed by atoms with van der Waals surface area (Å²) in [5.41, 5.74) is 0. The first-order valence-corrected chi connectivity index (χ1v) is 9.39. The van der Waals surface area contributed by atoms with Crippen LogP contribution in [0.15, 0.2) is 20.4 Å². The lowest BCUT2D eigenvalue weighted by Crippen LogP contribution is -2.52. The quantitative estimate of drug-likeness (QED) is 0.808. The Hall–Kier alpha value is -0.760. The summed E-state index contributed by atoms with van der Waals surface area (Å²) in [6, 6.07) is 2.53. The van der Waals surface area contributed by atoms with E-state index < -0.39 is 0 Å². The molecule has 0 spiro atoms. The van der Waals surface area contributed by atoms with Gasteiger partial charge < -0.3 is 9.26 Å². The van der Waals surface area contributed by atoms with Crippen molar-refractivity contribution in [2.24, 2.45) is 0 Å². The van der Waals surface area contributed by atoms with Gasteiger partial charge in [0.1, 0.15) is 0 Å². The standard InChI is InChI=1S/C15H18BrN3O2S/c16-10-7-13(22-9-10)15-17-14(21-18-15)8-19-5-6-20-12-4-2-1-3-11(12)19/h7,9,11-12H,1-6,8H2/t11-,12-/m0/s1. The molecular formula is C15H18BrN3O2S. The van der Waals surface area contributed by atoms with Crippen LogP contribution in [0.4, 0.5) is 0 Å². The SMILES string of the molecule is Brc1csc(-c2noc(CN3CCO[C@H]4CCCC[C@@H]43)n2)c1. The van der Waals surface area contributed by atoms with Gasteiger partial charge in [0.05, 0.1) is 24.1 Å². The van der Waals surface area contributed by atoms with Crippen molar-refractivity contribution in [3.8, 4) is 10.7 Å². The summed E-state index contributed by atoms with van der Waals surface area (Å²) in [6.07, 6.45) is 5.35. The number of morpholine rings is 1. The fourth-order valence-electron chi connectivity index (χ4n) is 3.40. The first-order valence-electron chi connectivity index (χ1n) is 7.72. The lowest BCUT2D eigenvalue weighted by atomic mass is 9.90. The molecule has 2 aromatic heterocycles. The average Bonchev–Trinajstić information content (AvgIpc) is 3.17. The summed E-state index contributed by atoms with van der Waals surface area (Å²) in [5, 5.41) is 6.14. The summed E-state index contributed by atoms with van der Waals surface area (Å²) in [7, 11) is 0. The molecule has 1 aliphatic heterocycles. The van der Waals surface area contributed by atoms with Gasteiger partial charge in [-0.25, -0.2) is 0 Å². The highest BCUT2D eigenvalue weighted by Gasteiger charge is 2.34. The van der Waals surface area contributed by atoms with E-state index in [9.17, 15) is 0 Å². The van der Waals surface area contributed by atoms with Crippen LogP contribution in [-0.4, -0.2) is 40.3 Å². The van der Waals surface area contributed by atoms with Gasteiger partial charge in [0.15, 0.2) is 0 Å². The van der Waals surface area contributed by atoms with Gasteiger partial charge in [-0.15, -0.1) is 11.3 Å². The second kappa shape index (κ2) is 6.39. The predicted octanol–water partition coefficient (Wildman–Crippen LogP) is 3.70. The van der Waals surface area contributed by atoms with Crippen LogP contribution in [0.3, 0.4) is 0 Å². The van der Waals surface area contributed by atoms with Gasteiger partial charge in [-0.05, 0) is 34.8 Å². The molecule has 2 aromatic rings. The molecule has 5 nitrogen and oxygen atoms in total. The largest absolute Gasteiger partial charge is 0.375 e. The van der Waals surface area contributed by atoms with E-state index in [2.05, 4.69) is 31.0 Å². The van der Waals surface area contributed by atoms with E-state index in [1.807, 2.05) is 11.4 Å². The van der Waals surface area contributed by atoms with Gasteiger partial charge >= 0.3 is 0 Å². The Morgan fingerprint density at radius 1 is 1.36 bits per heavy atom. The lowest BCUT2D eigenvalue weighted by molar-refractivity contribution is -0.0933. The molecule has 118 valence electrons. The maximum absolute atomic E-state index is 5.92. The Kier molecular flexibility index (Phi) is 4.30. The summed E-state index contributed by atoms with van der Waals surface area (Å²) < 4.78 is 12.4. The second-order valence-corrected chi connectivity index (χ2v) is 7.70. The average molecular weight is 384 g/mol. The Labute approximate surface area is 141 Å². The van der Waals surface area contributed by atoms with E-state index in [1.54, 1.807) is 11.3 Å². The van der Waals surface area contributed by atoms with Crippen molar-refractivity contribution in [3.05, 3.63) is 21.8 Å². The highest BCUT2D eigenvalue weighted by atomic mass is 79.9. The number of ether oxygens (including phenoxy) is 1. The van der Waals surface area contributed by atoms with Crippen LogP contribution in [0.1, 0.15) is 31.6 Å². The molecule has 4 rings (SSSR count). The first kappa shape index (κ1) is 14.8. The topological polar surface area (TPSA) is 51.4 Å². The molecule has 0 unspecified atom stereocenters. The Morgan fingerprint density at radius 3 is 3.14 bits per heavy atom. The minimum Gasteiger partial charge on any atom is -0.375 e. The summed E-state index contributed by atoms with van der Waals surface area (Å²) >= 11 is 5.07. The summed E-state index contributed by atoms with van der Waals surface area (Å²) in [4.78, 5) is 8.04. The molecule has 3 heterocycles. The van der Waals surface area contributed by atoms with E-state index in [0.29, 0.717) is 23.9 Å². The normalized spacial score (nSPS) is 26.0. The van der Waals surface area contributed by atoms with Gasteiger partial charge in [-0.2, -0.15) is 4.98 Å². The maximum atomic E-state index is 5.92. The van der Waals surface area contributed by atoms with Crippen molar-refractivity contribution in [2.75, 3.05) is 13.2 Å². The number of halogens is 1. The zero-order valence-corrected chi connectivity index (χ0v) is 14.6. The van der Waals surface area contributed by atoms with Crippen LogP contribution in [0.2, 0.25) is 0 Å². The van der Waals surface area contributed by atoms with Gasteiger partial charge in [0, 0.05) is 22.4 Å². The van der Waals surface area contributed by atoms with E-state index in [4.69, 9.17) is 9.26 Å². The van der Waals surface area contributed by atoms with Crippen molar-refractivity contribution in [1.82, 2.24) is 15.0 Å². The Bertz CT molecular complexity index is 642. The van der Waals surface area contributed by atoms with Gasteiger partial charge in [0.25, 0.3) is 0 Å². The third-order valence-corrected chi connectivity index (χ3v) is 6.13. The predicted molar refractivity (Wildman–Crippen MR) is 87.7 cm³/mol. The Morgan fingerprint density at radius 2 is 2.27 bits per heavy atom. The van der Waals surface area contributed by atoms with Crippen molar-refractivity contribution in [2.45, 2.75) is 44.4 Å². The molecule has 2 aliphatic rings. The molecule has 2 atom stereocenters. The van der Waals surface area contributed by atoms with Crippen molar-refractivity contribution in [1.29, 1.82) is 0 Å². The number of thiophene rings is 1. The van der Waals surface area contributed by atoms with Crippen molar-refractivity contribution in [3.63, 3.8) is 0 Å². The van der Waals surface area contributed by atoms with Crippen molar-refractivity contribution >= 4 is 27.3 Å². The minimum atomic E-state index is 0.387. The number of fused-ring (bicyclic) bond motifs is 1. The van der Waals surface area contributed by atoms with Crippen LogP contribution in [0.5, 0.6) is 0 Å². The number of aromatic nitrogens is 2. The summed E-state index contributed by atoms with van der Waals surface area (Å²) in [5.74, 6) is 1.38. The molecule has 0 bridgehead atoms. The molecule has 0 amide bonds. The molecular weight excluding hydrogens is 366 g/mol. The molecule has 1 saturated carbocycles. The number of nitrogens with zero attached hydrogens (tertiary/aromatic N) is 3. The lowest BCUT2D eigenvalue weighted by Gasteiger charge is -2.43.